The van der Waals surface area contributed by atoms with Crippen molar-refractivity contribution in [2.75, 3.05) is 49.1 Å². The first-order chi connectivity index (χ1) is 23.6. The molecule has 1 aromatic heterocycles. The Morgan fingerprint density at radius 2 is 1.29 bits per heavy atom. The van der Waals surface area contributed by atoms with Crippen LogP contribution >= 0.6 is 0 Å². The summed E-state index contributed by atoms with van der Waals surface area (Å²) in [6.45, 7) is 1.78. The van der Waals surface area contributed by atoms with Gasteiger partial charge in [0, 0.05) is 51.5 Å². The van der Waals surface area contributed by atoms with Crippen LogP contribution in [0.25, 0.3) is 21.5 Å². The molecule has 2 aliphatic rings. The standard InChI is InChI=1S/C34H35N7O6S2/c42-33(37-43)31-23-35-34(40-15-13-28(14-16-40)38-48(44,45)29-11-9-24-5-1-3-7-26(24)21-29)36-32(31)39-17-19-41(20-18-39)49(46,47)30-12-10-25-6-2-4-8-27(25)22-30/h1-12,21-23,28,38,43H,13-20H2,(H,37,42). The van der Waals surface area contributed by atoms with Crippen LogP contribution in [-0.4, -0.2) is 87.5 Å². The number of fused-ring (bicyclic) bond motifs is 2. The lowest BCUT2D eigenvalue weighted by atomic mass is 10.1. The highest BCUT2D eigenvalue weighted by molar-refractivity contribution is 7.89. The minimum Gasteiger partial charge on any atom is -0.353 e. The Bertz CT molecular complexity index is 2250. The van der Waals surface area contributed by atoms with Gasteiger partial charge < -0.3 is 9.80 Å². The van der Waals surface area contributed by atoms with Gasteiger partial charge in [0.25, 0.3) is 5.91 Å². The number of piperidine rings is 1. The molecular weight excluding hydrogens is 667 g/mol. The van der Waals surface area contributed by atoms with Crippen molar-refractivity contribution >= 4 is 59.3 Å². The minimum atomic E-state index is -3.76. The summed E-state index contributed by atoms with van der Waals surface area (Å²) >= 11 is 0. The van der Waals surface area contributed by atoms with E-state index in [0.717, 1.165) is 21.5 Å². The van der Waals surface area contributed by atoms with E-state index in [1.165, 1.54) is 10.5 Å². The molecule has 0 aliphatic carbocycles. The molecule has 0 atom stereocenters. The Kier molecular flexibility index (Phi) is 8.94. The van der Waals surface area contributed by atoms with Crippen molar-refractivity contribution in [1.29, 1.82) is 0 Å². The third-order valence-electron chi connectivity index (χ3n) is 9.13. The zero-order chi connectivity index (χ0) is 34.2. The minimum absolute atomic E-state index is 0.0510. The van der Waals surface area contributed by atoms with Crippen LogP contribution in [0, 0.1) is 0 Å². The number of nitrogens with zero attached hydrogens (tertiary/aromatic N) is 5. The zero-order valence-corrected chi connectivity index (χ0v) is 28.1. The molecule has 2 aliphatic heterocycles. The largest absolute Gasteiger partial charge is 0.353 e. The monoisotopic (exact) mass is 701 g/mol. The molecule has 5 aromatic rings. The number of piperazine rings is 1. The van der Waals surface area contributed by atoms with Gasteiger partial charge in [-0.1, -0.05) is 60.7 Å². The number of hydrogen-bond donors (Lipinski definition) is 3. The highest BCUT2D eigenvalue weighted by atomic mass is 32.2. The van der Waals surface area contributed by atoms with E-state index in [2.05, 4.69) is 9.71 Å². The molecule has 0 spiro atoms. The number of carbonyl (C=O) groups is 1. The molecule has 0 radical (unpaired) electrons. The summed E-state index contributed by atoms with van der Waals surface area (Å²) in [5.74, 6) is -0.153. The quantitative estimate of drug-likeness (QED) is 0.161. The third-order valence-corrected chi connectivity index (χ3v) is 12.5. The van der Waals surface area contributed by atoms with Gasteiger partial charge in [0.05, 0.1) is 9.79 Å². The fourth-order valence-electron chi connectivity index (χ4n) is 6.41. The van der Waals surface area contributed by atoms with Crippen LogP contribution in [0.1, 0.15) is 23.2 Å². The lowest BCUT2D eigenvalue weighted by Crippen LogP contribution is -2.49. The van der Waals surface area contributed by atoms with Crippen LogP contribution in [0.4, 0.5) is 11.8 Å². The maximum Gasteiger partial charge on any atom is 0.279 e. The van der Waals surface area contributed by atoms with E-state index in [1.54, 1.807) is 41.9 Å². The number of nitrogens with one attached hydrogen (secondary N) is 2. The molecule has 15 heteroatoms. The van der Waals surface area contributed by atoms with Gasteiger partial charge >= 0.3 is 0 Å². The van der Waals surface area contributed by atoms with E-state index < -0.39 is 26.0 Å². The topological polar surface area (TPSA) is 165 Å². The Morgan fingerprint density at radius 3 is 1.90 bits per heavy atom. The number of benzene rings is 4. The van der Waals surface area contributed by atoms with Crippen molar-refractivity contribution in [3.8, 4) is 0 Å². The molecule has 4 aromatic carbocycles. The first-order valence-electron chi connectivity index (χ1n) is 15.9. The molecule has 2 saturated heterocycles. The smallest absolute Gasteiger partial charge is 0.279 e. The molecule has 254 valence electrons. The number of sulfonamides is 2. The average molecular weight is 702 g/mol. The molecule has 13 nitrogen and oxygen atoms in total. The number of rotatable bonds is 8. The van der Waals surface area contributed by atoms with Crippen molar-refractivity contribution in [1.82, 2.24) is 24.5 Å². The number of carbonyl (C=O) groups excluding carboxylic acids is 1. The highest BCUT2D eigenvalue weighted by Crippen LogP contribution is 2.28. The van der Waals surface area contributed by atoms with E-state index in [4.69, 9.17) is 4.98 Å². The van der Waals surface area contributed by atoms with Crippen molar-refractivity contribution in [3.05, 3.63) is 96.7 Å². The third kappa shape index (κ3) is 6.67. The van der Waals surface area contributed by atoms with Crippen molar-refractivity contribution in [2.24, 2.45) is 0 Å². The Balaban J connectivity index is 1.03. The van der Waals surface area contributed by atoms with Crippen molar-refractivity contribution in [2.45, 2.75) is 28.7 Å². The van der Waals surface area contributed by atoms with Crippen LogP contribution in [0.15, 0.2) is 101 Å². The molecule has 3 N–H and O–H groups in total. The maximum atomic E-state index is 13.5. The van der Waals surface area contributed by atoms with Crippen LogP contribution in [-0.2, 0) is 20.0 Å². The first-order valence-corrected chi connectivity index (χ1v) is 18.9. The summed E-state index contributed by atoms with van der Waals surface area (Å²) in [7, 11) is -7.50. The van der Waals surface area contributed by atoms with Crippen LogP contribution < -0.4 is 20.0 Å². The molecular formula is C34H35N7O6S2. The summed E-state index contributed by atoms with van der Waals surface area (Å²) < 4.78 is 57.8. The molecule has 3 heterocycles. The maximum absolute atomic E-state index is 13.5. The number of hydrogen-bond acceptors (Lipinski definition) is 10. The number of amides is 1. The van der Waals surface area contributed by atoms with Crippen LogP contribution in [0.3, 0.4) is 0 Å². The normalized spacial score (nSPS) is 16.7. The predicted octanol–water partition coefficient (Wildman–Crippen LogP) is 3.36. The summed E-state index contributed by atoms with van der Waals surface area (Å²) in [6.07, 6.45) is 2.36. The Hall–Kier alpha value is -4.67. The highest BCUT2D eigenvalue weighted by Gasteiger charge is 2.32. The van der Waals surface area contributed by atoms with E-state index in [9.17, 15) is 26.8 Å². The fourth-order valence-corrected chi connectivity index (χ4v) is 9.21. The molecule has 2 fully saturated rings. The predicted molar refractivity (Wildman–Crippen MR) is 186 cm³/mol. The number of aromatic nitrogens is 2. The van der Waals surface area contributed by atoms with Gasteiger partial charge in [-0.05, 0) is 58.7 Å². The van der Waals surface area contributed by atoms with Crippen LogP contribution in [0.2, 0.25) is 0 Å². The molecule has 0 unspecified atom stereocenters. The fraction of sp³-hybridized carbons (Fsp3) is 0.265. The van der Waals surface area contributed by atoms with Gasteiger partial charge in [-0.15, -0.1) is 0 Å². The molecule has 0 saturated carbocycles. The second-order valence-corrected chi connectivity index (χ2v) is 15.8. The lowest BCUT2D eigenvalue weighted by Gasteiger charge is -2.36. The average Bonchev–Trinajstić information content (AvgIpc) is 3.14. The van der Waals surface area contributed by atoms with Gasteiger partial charge in [-0.25, -0.2) is 32.0 Å². The lowest BCUT2D eigenvalue weighted by molar-refractivity contribution is 0.0706. The molecule has 1 amide bonds. The second-order valence-electron chi connectivity index (χ2n) is 12.1. The summed E-state index contributed by atoms with van der Waals surface area (Å²) in [5.41, 5.74) is 1.70. The van der Waals surface area contributed by atoms with Crippen molar-refractivity contribution in [3.63, 3.8) is 0 Å². The molecule has 7 rings (SSSR count). The molecule has 49 heavy (non-hydrogen) atoms. The van der Waals surface area contributed by atoms with E-state index in [1.807, 2.05) is 58.3 Å². The van der Waals surface area contributed by atoms with Gasteiger partial charge in [-0.2, -0.15) is 9.29 Å². The zero-order valence-electron chi connectivity index (χ0n) is 26.4. The summed E-state index contributed by atoms with van der Waals surface area (Å²) in [6, 6.07) is 25.0. The van der Waals surface area contributed by atoms with E-state index in [-0.39, 0.29) is 53.4 Å². The van der Waals surface area contributed by atoms with Crippen LogP contribution in [0.5, 0.6) is 0 Å². The van der Waals surface area contributed by atoms with E-state index in [0.29, 0.717) is 31.9 Å². The second kappa shape index (κ2) is 13.3. The van der Waals surface area contributed by atoms with E-state index >= 15 is 0 Å². The molecule has 0 bridgehead atoms. The van der Waals surface area contributed by atoms with Gasteiger partial charge in [-0.3, -0.25) is 10.0 Å². The summed E-state index contributed by atoms with van der Waals surface area (Å²) in [5, 5.41) is 13.0. The van der Waals surface area contributed by atoms with Crippen molar-refractivity contribution < 1.29 is 26.8 Å². The Morgan fingerprint density at radius 1 is 0.714 bits per heavy atom. The first kappa shape index (κ1) is 32.9. The number of hydroxylamine groups is 1. The van der Waals surface area contributed by atoms with Gasteiger partial charge in [0.1, 0.15) is 11.4 Å². The number of anilines is 2. The van der Waals surface area contributed by atoms with Gasteiger partial charge in [0.2, 0.25) is 26.0 Å². The Labute approximate surface area is 284 Å². The SMILES string of the molecule is O=C(NO)c1cnc(N2CCC(NS(=O)(=O)c3ccc4ccccc4c3)CC2)nc1N1CCN(S(=O)(=O)c2ccc3ccccc3c2)CC1. The summed E-state index contributed by atoms with van der Waals surface area (Å²) in [4.78, 5) is 25.9. The van der Waals surface area contributed by atoms with Gasteiger partial charge in [0.15, 0.2) is 0 Å².